The van der Waals surface area contributed by atoms with Gasteiger partial charge in [-0.1, -0.05) is 47.7 Å². The summed E-state index contributed by atoms with van der Waals surface area (Å²) >= 11 is 1.29. The molecule has 0 radical (unpaired) electrons. The van der Waals surface area contributed by atoms with Gasteiger partial charge in [-0.05, 0) is 48.9 Å². The van der Waals surface area contributed by atoms with Crippen molar-refractivity contribution >= 4 is 39.9 Å². The molecular formula is C33H30N4O5S. The highest BCUT2D eigenvalue weighted by molar-refractivity contribution is 7.07. The number of nitrogens with one attached hydrogen (secondary N) is 1. The molecule has 0 saturated heterocycles. The predicted molar refractivity (Wildman–Crippen MR) is 168 cm³/mol. The van der Waals surface area contributed by atoms with Gasteiger partial charge >= 0.3 is 0 Å². The molecule has 218 valence electrons. The first-order valence-electron chi connectivity index (χ1n) is 13.6. The number of aromatic nitrogens is 2. The molecule has 0 aliphatic carbocycles. The lowest BCUT2D eigenvalue weighted by atomic mass is 9.94. The number of carbonyl (C=O) groups is 1. The molecule has 6 rings (SSSR count). The number of allylic oxidation sites excluding steroid dienone is 1. The number of fused-ring (bicyclic) bond motifs is 2. The topological polar surface area (TPSA) is 96.1 Å². The molecule has 0 saturated carbocycles. The molecule has 0 fully saturated rings. The van der Waals surface area contributed by atoms with Crippen molar-refractivity contribution in [3.05, 3.63) is 115 Å². The summed E-state index contributed by atoms with van der Waals surface area (Å²) in [4.78, 5) is 33.4. The smallest absolute Gasteiger partial charge is 0.271 e. The molecular weight excluding hydrogens is 564 g/mol. The normalized spacial score (nSPS) is 14.8. The van der Waals surface area contributed by atoms with E-state index in [4.69, 9.17) is 19.2 Å². The first kappa shape index (κ1) is 28.0. The quantitative estimate of drug-likeness (QED) is 0.302. The number of anilines is 1. The molecule has 0 spiro atoms. The van der Waals surface area contributed by atoms with Crippen LogP contribution in [0.5, 0.6) is 17.2 Å². The molecule has 3 aromatic carbocycles. The fourth-order valence-electron chi connectivity index (χ4n) is 5.54. The highest BCUT2D eigenvalue weighted by Crippen LogP contribution is 2.42. The summed E-state index contributed by atoms with van der Waals surface area (Å²) in [6.45, 7) is 1.78. The number of benzene rings is 3. The van der Waals surface area contributed by atoms with Gasteiger partial charge in [0.25, 0.3) is 11.5 Å². The van der Waals surface area contributed by atoms with Gasteiger partial charge in [-0.2, -0.15) is 0 Å². The Morgan fingerprint density at radius 2 is 1.65 bits per heavy atom. The Hall–Kier alpha value is -5.09. The number of ether oxygens (including phenoxy) is 3. The lowest BCUT2D eigenvalue weighted by Gasteiger charge is -2.26. The first-order valence-corrected chi connectivity index (χ1v) is 14.4. The van der Waals surface area contributed by atoms with Crippen LogP contribution in [0.3, 0.4) is 0 Å². The number of hydrogen-bond acceptors (Lipinski definition) is 7. The number of nitrogens with zero attached hydrogens (tertiary/aromatic N) is 3. The van der Waals surface area contributed by atoms with E-state index in [1.54, 1.807) is 23.6 Å². The van der Waals surface area contributed by atoms with Crippen molar-refractivity contribution in [2.24, 2.45) is 12.0 Å². The van der Waals surface area contributed by atoms with Crippen LogP contribution in [0, 0.1) is 0 Å². The fraction of sp³-hybridized carbons (Fsp3) is 0.182. The second kappa shape index (κ2) is 11.3. The van der Waals surface area contributed by atoms with E-state index in [2.05, 4.69) is 5.32 Å². The van der Waals surface area contributed by atoms with Gasteiger partial charge < -0.3 is 24.1 Å². The van der Waals surface area contributed by atoms with Crippen molar-refractivity contribution in [2.45, 2.75) is 13.0 Å². The maximum Gasteiger partial charge on any atom is 0.271 e. The molecule has 1 N–H and O–H groups in total. The largest absolute Gasteiger partial charge is 0.493 e. The molecule has 43 heavy (non-hydrogen) atoms. The highest BCUT2D eigenvalue weighted by Gasteiger charge is 2.34. The molecule has 5 aromatic rings. The molecule has 1 aliphatic rings. The zero-order chi connectivity index (χ0) is 30.2. The number of thiazole rings is 1. The van der Waals surface area contributed by atoms with Crippen molar-refractivity contribution in [1.29, 1.82) is 0 Å². The minimum Gasteiger partial charge on any atom is -0.493 e. The van der Waals surface area contributed by atoms with Gasteiger partial charge in [0, 0.05) is 35.4 Å². The number of rotatable bonds is 7. The van der Waals surface area contributed by atoms with Gasteiger partial charge in [0.15, 0.2) is 16.3 Å². The lowest BCUT2D eigenvalue weighted by molar-refractivity contribution is -0.113. The van der Waals surface area contributed by atoms with Crippen molar-refractivity contribution in [2.75, 3.05) is 26.6 Å². The fourth-order valence-corrected chi connectivity index (χ4v) is 6.57. The van der Waals surface area contributed by atoms with Crippen molar-refractivity contribution in [3.63, 3.8) is 0 Å². The second-order valence-electron chi connectivity index (χ2n) is 10.1. The van der Waals surface area contributed by atoms with Crippen LogP contribution < -0.4 is 34.4 Å². The van der Waals surface area contributed by atoms with E-state index in [0.29, 0.717) is 49.1 Å². The van der Waals surface area contributed by atoms with E-state index in [1.165, 1.54) is 32.7 Å². The van der Waals surface area contributed by atoms with Crippen molar-refractivity contribution in [3.8, 4) is 17.2 Å². The van der Waals surface area contributed by atoms with Gasteiger partial charge in [-0.3, -0.25) is 14.2 Å². The third kappa shape index (κ3) is 4.89. The SMILES string of the molecule is COc1cc([C@H]2C(C(=O)Nc3ccccc3)=C(C)N=c3s/c(=C\c4cn(C)c5ccccc45)c(=O)n32)cc(OC)c1OC. The summed E-state index contributed by atoms with van der Waals surface area (Å²) in [6, 6.07) is 19.9. The number of hydrogen-bond donors (Lipinski definition) is 1. The molecule has 0 unspecified atom stereocenters. The molecule has 1 aliphatic heterocycles. The number of methoxy groups -OCH3 is 3. The molecule has 9 nitrogen and oxygen atoms in total. The average Bonchev–Trinajstić information content (AvgIpc) is 3.50. The Balaban J connectivity index is 1.58. The Kier molecular flexibility index (Phi) is 7.37. The number of para-hydroxylation sites is 2. The Morgan fingerprint density at radius 1 is 0.977 bits per heavy atom. The van der Waals surface area contributed by atoms with E-state index >= 15 is 0 Å². The summed E-state index contributed by atoms with van der Waals surface area (Å²) in [7, 11) is 6.56. The molecule has 1 atom stereocenters. The summed E-state index contributed by atoms with van der Waals surface area (Å²) in [5, 5.41) is 4.01. The molecule has 10 heteroatoms. The third-order valence-electron chi connectivity index (χ3n) is 7.52. The van der Waals surface area contributed by atoms with Crippen LogP contribution in [-0.2, 0) is 11.8 Å². The van der Waals surface area contributed by atoms with E-state index < -0.39 is 6.04 Å². The van der Waals surface area contributed by atoms with Crippen LogP contribution in [0.2, 0.25) is 0 Å². The van der Waals surface area contributed by atoms with Crippen LogP contribution in [0.1, 0.15) is 24.1 Å². The average molecular weight is 595 g/mol. The van der Waals surface area contributed by atoms with E-state index in [0.717, 1.165) is 16.5 Å². The first-order chi connectivity index (χ1) is 20.8. The predicted octanol–water partition coefficient (Wildman–Crippen LogP) is 4.39. The zero-order valence-corrected chi connectivity index (χ0v) is 25.2. The molecule has 3 heterocycles. The van der Waals surface area contributed by atoms with Gasteiger partial charge in [-0.25, -0.2) is 4.99 Å². The van der Waals surface area contributed by atoms with E-state index in [1.807, 2.05) is 78.5 Å². The van der Waals surface area contributed by atoms with Gasteiger partial charge in [-0.15, -0.1) is 0 Å². The standard InChI is InChI=1S/C33H30N4O5S/c1-19-28(31(38)35-22-11-7-6-8-12-22)29(20-15-25(40-3)30(42-5)26(16-20)41-4)37-32(39)27(43-33(37)34-19)17-21-18-36(2)24-14-10-9-13-23(21)24/h6-18,29H,1-5H3,(H,35,38)/b27-17-/t29-/m0/s1. The van der Waals surface area contributed by atoms with Gasteiger partial charge in [0.1, 0.15) is 0 Å². The van der Waals surface area contributed by atoms with Gasteiger partial charge in [0.05, 0.1) is 43.2 Å². The zero-order valence-electron chi connectivity index (χ0n) is 24.4. The van der Waals surface area contributed by atoms with Gasteiger partial charge in [0.2, 0.25) is 5.75 Å². The van der Waals surface area contributed by atoms with Crippen LogP contribution in [0.15, 0.2) is 94.0 Å². The summed E-state index contributed by atoms with van der Waals surface area (Å²) in [6.07, 6.45) is 3.89. The maximum absolute atomic E-state index is 14.2. The molecule has 0 bridgehead atoms. The Labute approximate surface area is 251 Å². The Bertz CT molecular complexity index is 2060. The monoisotopic (exact) mass is 594 g/mol. The highest BCUT2D eigenvalue weighted by atomic mass is 32.1. The van der Waals surface area contributed by atoms with Crippen LogP contribution in [0.4, 0.5) is 5.69 Å². The maximum atomic E-state index is 14.2. The molecule has 2 aromatic heterocycles. The summed E-state index contributed by atoms with van der Waals surface area (Å²) < 4.78 is 20.9. The number of carbonyl (C=O) groups excluding carboxylic acids is 1. The second-order valence-corrected chi connectivity index (χ2v) is 11.1. The van der Waals surface area contributed by atoms with Crippen molar-refractivity contribution in [1.82, 2.24) is 9.13 Å². The number of aryl methyl sites for hydroxylation is 1. The Morgan fingerprint density at radius 3 is 2.33 bits per heavy atom. The van der Waals surface area contributed by atoms with Crippen LogP contribution >= 0.6 is 11.3 Å². The van der Waals surface area contributed by atoms with E-state index in [-0.39, 0.29) is 11.5 Å². The minimum absolute atomic E-state index is 0.257. The van der Waals surface area contributed by atoms with Crippen LogP contribution in [-0.4, -0.2) is 36.4 Å². The number of amides is 1. The van der Waals surface area contributed by atoms with Crippen LogP contribution in [0.25, 0.3) is 17.0 Å². The lowest BCUT2D eigenvalue weighted by Crippen LogP contribution is -2.40. The summed E-state index contributed by atoms with van der Waals surface area (Å²) in [5.41, 5.74) is 3.81. The van der Waals surface area contributed by atoms with Crippen molar-refractivity contribution < 1.29 is 19.0 Å². The minimum atomic E-state index is -0.816. The van der Waals surface area contributed by atoms with E-state index in [9.17, 15) is 9.59 Å². The third-order valence-corrected chi connectivity index (χ3v) is 8.50. The molecule has 1 amide bonds. The summed E-state index contributed by atoms with van der Waals surface area (Å²) in [5.74, 6) is 0.863.